The summed E-state index contributed by atoms with van der Waals surface area (Å²) in [5.41, 5.74) is 0. The molecule has 0 aromatic heterocycles. The van der Waals surface area contributed by atoms with Gasteiger partial charge in [-0.05, 0) is 0 Å². The van der Waals surface area contributed by atoms with Gasteiger partial charge in [-0.25, -0.2) is 0 Å². The molecule has 0 radical (unpaired) electrons. The summed E-state index contributed by atoms with van der Waals surface area (Å²) >= 11 is 0. The molecule has 6 heteroatoms. The van der Waals surface area contributed by atoms with Gasteiger partial charge < -0.3 is 10.4 Å². The van der Waals surface area contributed by atoms with Crippen LogP contribution < -0.4 is 0 Å². The first kappa shape index (κ1) is 5.77. The van der Waals surface area contributed by atoms with E-state index >= 15 is 0 Å². The highest BCUT2D eigenvalue weighted by atomic mass is 33.1. The molecule has 0 bridgehead atoms. The molecule has 0 aromatic carbocycles. The van der Waals surface area contributed by atoms with E-state index in [1.54, 1.807) is 0 Å². The van der Waals surface area contributed by atoms with Crippen molar-refractivity contribution in [1.82, 2.24) is 0 Å². The normalized spacial score (nSPS) is 19.5. The van der Waals surface area contributed by atoms with E-state index in [0.29, 0.717) is 8.29 Å². The van der Waals surface area contributed by atoms with Crippen molar-refractivity contribution in [1.29, 1.82) is 0 Å². The average Bonchev–Trinajstić information content (AvgIpc) is 1.77. The standard InChI is InChI=1S/C2H2N2O2S2/c5-3-1-2-4(6)8-7-3/h1-2H. The quantitative estimate of drug-likeness (QED) is 0.217. The zero-order valence-corrected chi connectivity index (χ0v) is 5.32. The zero-order chi connectivity index (χ0) is 5.98. The van der Waals surface area contributed by atoms with Gasteiger partial charge in [0.05, 0.1) is 0 Å². The average molecular weight is 150 g/mol. The molecule has 0 amide bonds. The lowest BCUT2D eigenvalue weighted by molar-refractivity contribution is -0.276. The van der Waals surface area contributed by atoms with Crippen LogP contribution >= 0.6 is 22.0 Å². The Hall–Kier alpha value is -0.360. The maximum absolute atomic E-state index is 10.2. The van der Waals surface area contributed by atoms with Gasteiger partial charge in [-0.15, -0.1) is 8.29 Å². The molecule has 44 valence electrons. The SMILES string of the molecule is [O-][N+]1=CC=[N+]([O-])SS1. The highest BCUT2D eigenvalue weighted by Gasteiger charge is 2.11. The van der Waals surface area contributed by atoms with Crippen LogP contribution in [0.25, 0.3) is 0 Å². The second-order valence-electron chi connectivity index (χ2n) is 1.02. The molecule has 1 aliphatic rings. The van der Waals surface area contributed by atoms with Crippen LogP contribution in [-0.2, 0) is 0 Å². The topological polar surface area (TPSA) is 52.1 Å². The lowest BCUT2D eigenvalue weighted by atomic mass is 10.8. The molecule has 0 atom stereocenters. The van der Waals surface area contributed by atoms with Gasteiger partial charge in [0.15, 0.2) is 0 Å². The molecular weight excluding hydrogens is 148 g/mol. The summed E-state index contributed by atoms with van der Waals surface area (Å²) in [7, 11) is 1.69. The van der Waals surface area contributed by atoms with Gasteiger partial charge in [0.25, 0.3) is 12.4 Å². The first-order valence-corrected chi connectivity index (χ1v) is 3.81. The Bertz CT molecular complexity index is 136. The molecule has 0 saturated carbocycles. The van der Waals surface area contributed by atoms with E-state index in [1.165, 1.54) is 0 Å². The number of hydrogen-bond acceptors (Lipinski definition) is 4. The Balaban J connectivity index is 2.65. The predicted molar refractivity (Wildman–Crippen MR) is 34.6 cm³/mol. The molecular formula is C2H2N2O2S2. The van der Waals surface area contributed by atoms with Crippen molar-refractivity contribution in [3.05, 3.63) is 10.4 Å². The van der Waals surface area contributed by atoms with E-state index in [0.717, 1.165) is 34.4 Å². The Labute approximate surface area is 53.7 Å². The van der Waals surface area contributed by atoms with Gasteiger partial charge in [-0.3, -0.25) is 0 Å². The summed E-state index contributed by atoms with van der Waals surface area (Å²) in [5.74, 6) is 0. The van der Waals surface area contributed by atoms with E-state index in [2.05, 4.69) is 0 Å². The summed E-state index contributed by atoms with van der Waals surface area (Å²) in [4.78, 5) is 0. The van der Waals surface area contributed by atoms with Gasteiger partial charge in [-0.1, -0.05) is 0 Å². The fourth-order valence-corrected chi connectivity index (χ4v) is 1.26. The highest BCUT2D eigenvalue weighted by Crippen LogP contribution is 2.22. The summed E-state index contributed by atoms with van der Waals surface area (Å²) < 4.78 is 1.22. The number of rotatable bonds is 0. The maximum Gasteiger partial charge on any atom is 0.321 e. The van der Waals surface area contributed by atoms with Crippen LogP contribution in [0.15, 0.2) is 0 Å². The van der Waals surface area contributed by atoms with Crippen molar-refractivity contribution in [2.45, 2.75) is 0 Å². The minimum absolute atomic E-state index is 0.610. The van der Waals surface area contributed by atoms with Crippen molar-refractivity contribution in [3.8, 4) is 0 Å². The van der Waals surface area contributed by atoms with E-state index < -0.39 is 0 Å². The molecule has 0 saturated heterocycles. The van der Waals surface area contributed by atoms with E-state index in [9.17, 15) is 10.4 Å². The van der Waals surface area contributed by atoms with Crippen LogP contribution in [0, 0.1) is 10.4 Å². The van der Waals surface area contributed by atoms with Gasteiger partial charge in [-0.2, -0.15) is 0 Å². The molecule has 0 aromatic rings. The van der Waals surface area contributed by atoms with Crippen molar-refractivity contribution in [2.75, 3.05) is 0 Å². The fraction of sp³-hybridized carbons (Fsp3) is 0. The van der Waals surface area contributed by atoms with Crippen molar-refractivity contribution in [2.24, 2.45) is 0 Å². The first-order chi connectivity index (χ1) is 3.79. The third-order valence-electron chi connectivity index (χ3n) is 0.490. The van der Waals surface area contributed by atoms with Crippen LogP contribution in [0.5, 0.6) is 0 Å². The summed E-state index contributed by atoms with van der Waals surface area (Å²) in [5, 5.41) is 20.4. The van der Waals surface area contributed by atoms with Crippen molar-refractivity contribution in [3.63, 3.8) is 0 Å². The Morgan fingerprint density at radius 2 is 1.38 bits per heavy atom. The molecule has 0 N–H and O–H groups in total. The van der Waals surface area contributed by atoms with E-state index in [4.69, 9.17) is 0 Å². The Kier molecular flexibility index (Phi) is 1.64. The molecule has 1 heterocycles. The van der Waals surface area contributed by atoms with Gasteiger partial charge >= 0.3 is 22.0 Å². The molecule has 0 unspecified atom stereocenters. The molecule has 0 aliphatic carbocycles. The van der Waals surface area contributed by atoms with E-state index in [-0.39, 0.29) is 0 Å². The van der Waals surface area contributed by atoms with Crippen LogP contribution in [0.4, 0.5) is 0 Å². The summed E-state index contributed by atoms with van der Waals surface area (Å²) in [6.45, 7) is 0. The third-order valence-corrected chi connectivity index (χ3v) is 2.18. The Morgan fingerprint density at radius 3 is 1.62 bits per heavy atom. The molecule has 0 spiro atoms. The largest absolute Gasteiger partial charge is 0.610 e. The van der Waals surface area contributed by atoms with Crippen LogP contribution in [-0.4, -0.2) is 20.7 Å². The van der Waals surface area contributed by atoms with Gasteiger partial charge in [0, 0.05) is 0 Å². The highest BCUT2D eigenvalue weighted by molar-refractivity contribution is 8.72. The lowest BCUT2D eigenvalue weighted by Gasteiger charge is -1.99. The molecule has 1 aliphatic heterocycles. The Morgan fingerprint density at radius 1 is 1.00 bits per heavy atom. The summed E-state index contributed by atoms with van der Waals surface area (Å²) in [6, 6.07) is 0. The van der Waals surface area contributed by atoms with Crippen LogP contribution in [0.2, 0.25) is 0 Å². The van der Waals surface area contributed by atoms with Crippen LogP contribution in [0.3, 0.4) is 0 Å². The van der Waals surface area contributed by atoms with Crippen molar-refractivity contribution >= 4 is 34.4 Å². The van der Waals surface area contributed by atoms with Crippen LogP contribution in [0.1, 0.15) is 0 Å². The molecule has 0 fully saturated rings. The zero-order valence-electron chi connectivity index (χ0n) is 3.68. The number of hydrogen-bond donors (Lipinski definition) is 0. The smallest absolute Gasteiger partial charge is 0.321 e. The molecule has 1 rings (SSSR count). The minimum Gasteiger partial charge on any atom is -0.610 e. The minimum atomic E-state index is 0.610. The maximum atomic E-state index is 10.2. The van der Waals surface area contributed by atoms with E-state index in [1.807, 2.05) is 0 Å². The predicted octanol–water partition coefficient (Wildman–Crippen LogP) is 0.374. The molecule has 8 heavy (non-hydrogen) atoms. The lowest BCUT2D eigenvalue weighted by Crippen LogP contribution is -2.05. The first-order valence-electron chi connectivity index (χ1n) is 1.75. The fourth-order valence-electron chi connectivity index (χ4n) is 0.224. The number of nitrogens with zero attached hydrogens (tertiary/aromatic N) is 2. The summed E-state index contributed by atoms with van der Waals surface area (Å²) in [6.07, 6.45) is 2.32. The van der Waals surface area contributed by atoms with Gasteiger partial charge in [0.2, 0.25) is 0 Å². The second-order valence-corrected chi connectivity index (χ2v) is 2.93. The third kappa shape index (κ3) is 1.31. The monoisotopic (exact) mass is 150 g/mol. The van der Waals surface area contributed by atoms with Gasteiger partial charge in [0.1, 0.15) is 0 Å². The molecule has 4 nitrogen and oxygen atoms in total. The van der Waals surface area contributed by atoms with Crippen molar-refractivity contribution < 1.29 is 8.29 Å². The second kappa shape index (κ2) is 2.27.